The van der Waals surface area contributed by atoms with Gasteiger partial charge >= 0.3 is 5.97 Å². The number of nitrogens with one attached hydrogen (secondary N) is 2. The standard InChI is InChI=1S/C33H39Cl2FN2O5.C25H25Cl2FN2O3.C7H15NO3.ClH/c1-31(2)8-10-32(11-9-31)15-21(24(40)13-18-3-6-26(43-17-18)25(41)16-39)27(20-7-12-37-29(35)28(20)36)33(32)22-5-4-19(34)14-23(22)38-30(33)42;1-23(2)6-8-24(9-7-23)12-15(21(31)32)18(14-5-10-29-20(27)19(14)28)25(24)16-4-3-13(26)11-17(16)30-22(25)33;8-5-1-2-7(11-4-5)6(10)3-9;/h4-5,7,12,14,18,21,25-27,39,41H,3,6,8-11,13,15-17H2,1-2H3,(H,38,42);3-5,10-11,15,18H,6-9,12H2,1-2H3,(H,30,33)(H,31,32);5-7,9-10H,1-4,8H2;1H/t18-,21-,25?,26-,27-,33+;15-,18+,25?;5-,6?,7+;/m011./s1. The molecule has 88 heavy (non-hydrogen) atoms. The predicted octanol–water partition coefficient (Wildman–Crippen LogP) is 11.7. The first-order valence-corrected chi connectivity index (χ1v) is 31.8. The van der Waals surface area contributed by atoms with Gasteiger partial charge in [0, 0.05) is 64.0 Å². The van der Waals surface area contributed by atoms with Crippen LogP contribution in [-0.2, 0) is 39.5 Å². The normalized spacial score (nSPS) is 30.9. The maximum atomic E-state index is 16.1. The van der Waals surface area contributed by atoms with Crippen LogP contribution in [0.15, 0.2) is 60.9 Å². The number of carbonyl (C=O) groups excluding carboxylic acids is 3. The average molecular weight is 1320 g/mol. The van der Waals surface area contributed by atoms with Gasteiger partial charge in [-0.2, -0.15) is 0 Å². The topological polar surface area (TPSA) is 264 Å². The monoisotopic (exact) mass is 1320 g/mol. The van der Waals surface area contributed by atoms with Crippen molar-refractivity contribution < 1.29 is 63.0 Å². The number of aliphatic hydroxyl groups excluding tert-OH is 4. The number of aliphatic hydroxyl groups is 4. The van der Waals surface area contributed by atoms with Gasteiger partial charge in [-0.15, -0.1) is 12.4 Å². The molecule has 2 amide bonds. The van der Waals surface area contributed by atoms with Crippen LogP contribution in [0.3, 0.4) is 0 Å². The Morgan fingerprint density at radius 3 is 1.47 bits per heavy atom. The van der Waals surface area contributed by atoms with Gasteiger partial charge in [0.2, 0.25) is 11.8 Å². The summed E-state index contributed by atoms with van der Waals surface area (Å²) in [6.45, 7) is 9.01. The molecule has 480 valence electrons. The Balaban J connectivity index is 0.000000181. The molecule has 2 saturated heterocycles. The summed E-state index contributed by atoms with van der Waals surface area (Å²) >= 11 is 24.9. The molecule has 4 aromatic rings. The number of hydrogen-bond acceptors (Lipinski definition) is 13. The van der Waals surface area contributed by atoms with Crippen molar-refractivity contribution in [3.8, 4) is 0 Å². The highest BCUT2D eigenvalue weighted by Gasteiger charge is 2.74. The summed E-state index contributed by atoms with van der Waals surface area (Å²) in [6, 6.07) is 13.7. The summed E-state index contributed by atoms with van der Waals surface area (Å²) in [4.78, 5) is 63.5. The number of pyridine rings is 2. The maximum Gasteiger partial charge on any atom is 0.307 e. The van der Waals surface area contributed by atoms with Crippen LogP contribution >= 0.6 is 58.8 Å². The summed E-state index contributed by atoms with van der Waals surface area (Å²) < 4.78 is 42.5. The number of anilines is 2. The number of aromatic nitrogens is 2. The Labute approximate surface area is 538 Å². The first-order chi connectivity index (χ1) is 41.2. The second kappa shape index (κ2) is 26.5. The number of carbonyl (C=O) groups is 4. The zero-order valence-corrected chi connectivity index (χ0v) is 53.7. The molecule has 16 nitrogen and oxygen atoms in total. The minimum absolute atomic E-state index is 0. The summed E-state index contributed by atoms with van der Waals surface area (Å²) in [5, 5.41) is 53.8. The Hall–Kier alpha value is -4.15. The summed E-state index contributed by atoms with van der Waals surface area (Å²) in [5.74, 6) is -6.44. The number of nitrogens with zero attached hydrogens (tertiary/aromatic N) is 2. The van der Waals surface area contributed by atoms with Gasteiger partial charge in [0.1, 0.15) is 18.0 Å². The lowest BCUT2D eigenvalue weighted by molar-refractivity contribution is -0.142. The second-order valence-electron chi connectivity index (χ2n) is 27.4. The molecule has 12 rings (SSSR count). The molecule has 6 heterocycles. The van der Waals surface area contributed by atoms with Gasteiger partial charge in [0.25, 0.3) is 0 Å². The molecule has 6 fully saturated rings. The number of ether oxygens (including phenoxy) is 2. The van der Waals surface area contributed by atoms with Crippen molar-refractivity contribution in [1.82, 2.24) is 9.97 Å². The van der Waals surface area contributed by atoms with Crippen LogP contribution < -0.4 is 16.4 Å². The van der Waals surface area contributed by atoms with Crippen LogP contribution in [0.2, 0.25) is 20.4 Å². The molecular weight excluding hydrogens is 1240 g/mol. The minimum atomic E-state index is -1.25. The molecule has 4 aliphatic heterocycles. The molecule has 2 aromatic heterocycles. The molecule has 0 bridgehead atoms. The van der Waals surface area contributed by atoms with Gasteiger partial charge < -0.3 is 51.4 Å². The number of ketones is 1. The number of Topliss-reactive ketones (excluding diaryl/α,β-unsaturated/α-hetero) is 1. The van der Waals surface area contributed by atoms with Crippen molar-refractivity contribution >= 4 is 93.8 Å². The average Bonchev–Trinajstić information content (AvgIpc) is 1.52. The summed E-state index contributed by atoms with van der Waals surface area (Å²) in [6.07, 6.45) is 10.4. The molecule has 8 aliphatic rings. The predicted molar refractivity (Wildman–Crippen MR) is 333 cm³/mol. The highest BCUT2D eigenvalue weighted by molar-refractivity contribution is 6.32. The van der Waals surface area contributed by atoms with Crippen molar-refractivity contribution in [2.24, 2.45) is 45.1 Å². The number of nitrogens with two attached hydrogens (primary N) is 1. The number of fused-ring (bicyclic) bond motifs is 6. The smallest absolute Gasteiger partial charge is 0.307 e. The van der Waals surface area contributed by atoms with E-state index in [1.165, 1.54) is 18.5 Å². The molecule has 3 unspecified atom stereocenters. The number of rotatable bonds is 10. The van der Waals surface area contributed by atoms with E-state index in [0.29, 0.717) is 65.7 Å². The molecule has 23 heteroatoms. The van der Waals surface area contributed by atoms with Crippen LogP contribution in [0.4, 0.5) is 20.2 Å². The third-order valence-corrected chi connectivity index (χ3v) is 22.4. The Morgan fingerprint density at radius 2 is 1.07 bits per heavy atom. The van der Waals surface area contributed by atoms with Crippen LogP contribution in [0.25, 0.3) is 0 Å². The van der Waals surface area contributed by atoms with Crippen LogP contribution in [0.5, 0.6) is 0 Å². The molecule has 12 atom stereocenters. The lowest BCUT2D eigenvalue weighted by Crippen LogP contribution is -2.52. The van der Waals surface area contributed by atoms with Gasteiger partial charge in [-0.25, -0.2) is 18.7 Å². The largest absolute Gasteiger partial charge is 0.481 e. The Bertz CT molecular complexity index is 3250. The van der Waals surface area contributed by atoms with E-state index in [2.05, 4.69) is 48.3 Å². The molecule has 4 saturated carbocycles. The number of amides is 2. The number of carboxylic acids is 1. The van der Waals surface area contributed by atoms with E-state index < -0.39 is 81.2 Å². The zero-order valence-electron chi connectivity index (χ0n) is 49.8. The Morgan fingerprint density at radius 1 is 0.648 bits per heavy atom. The number of carboxylic acid groups (broad SMARTS) is 1. The van der Waals surface area contributed by atoms with Crippen molar-refractivity contribution in [2.45, 2.75) is 177 Å². The summed E-state index contributed by atoms with van der Waals surface area (Å²) in [7, 11) is 0. The van der Waals surface area contributed by atoms with Crippen molar-refractivity contribution in [3.63, 3.8) is 0 Å². The maximum absolute atomic E-state index is 16.1. The highest BCUT2D eigenvalue weighted by atomic mass is 35.5. The zero-order chi connectivity index (χ0) is 62.8. The second-order valence-corrected chi connectivity index (χ2v) is 29.0. The van der Waals surface area contributed by atoms with Gasteiger partial charge in [0.15, 0.2) is 21.9 Å². The minimum Gasteiger partial charge on any atom is -0.481 e. The number of hydrogen-bond donors (Lipinski definition) is 8. The lowest BCUT2D eigenvalue weighted by atomic mass is 9.51. The van der Waals surface area contributed by atoms with E-state index in [9.17, 15) is 34.5 Å². The van der Waals surface area contributed by atoms with E-state index >= 15 is 8.78 Å². The number of benzene rings is 2. The van der Waals surface area contributed by atoms with Crippen molar-refractivity contribution in [2.75, 3.05) is 37.1 Å². The van der Waals surface area contributed by atoms with Crippen LogP contribution in [-0.4, -0.2) is 116 Å². The highest BCUT2D eigenvalue weighted by Crippen LogP contribution is 2.74. The van der Waals surface area contributed by atoms with Gasteiger partial charge in [-0.05, 0) is 176 Å². The first-order valence-electron chi connectivity index (χ1n) is 30.3. The van der Waals surface area contributed by atoms with Crippen LogP contribution in [0.1, 0.15) is 158 Å². The van der Waals surface area contributed by atoms with Crippen molar-refractivity contribution in [3.05, 3.63) is 115 Å². The third-order valence-electron chi connectivity index (χ3n) is 21.4. The molecule has 4 spiro atoms. The first kappa shape index (κ1) is 68.2. The molecule has 0 radical (unpaired) electrons. The molecule has 2 aromatic carbocycles. The van der Waals surface area contributed by atoms with Gasteiger partial charge in [-0.1, -0.05) is 86.2 Å². The van der Waals surface area contributed by atoms with E-state index in [1.54, 1.807) is 36.4 Å². The fraction of sp³-hybridized carbons (Fsp3) is 0.600. The van der Waals surface area contributed by atoms with Gasteiger partial charge in [0.05, 0.1) is 55.4 Å². The quantitative estimate of drug-likeness (QED) is 0.0687. The number of aliphatic carboxylic acids is 1. The fourth-order valence-corrected chi connectivity index (χ4v) is 17.5. The van der Waals surface area contributed by atoms with E-state index in [1.807, 2.05) is 6.07 Å². The van der Waals surface area contributed by atoms with Crippen molar-refractivity contribution in [1.29, 1.82) is 0 Å². The summed E-state index contributed by atoms with van der Waals surface area (Å²) in [5.41, 5.74) is 5.06. The molecular formula is C65H80Cl5F2N5O11. The van der Waals surface area contributed by atoms with E-state index in [4.69, 9.17) is 71.8 Å². The molecule has 9 N–H and O–H groups in total. The molecule has 4 aliphatic carbocycles. The fourth-order valence-electron chi connectivity index (χ4n) is 16.8. The SMILES string of the molecule is CC1(C)CCC2(CC1)C[C@@H](C(=O)C[C@@H]1CC[C@@H](C(O)CO)OC1)[C@H](c1ccnc(Cl)c1F)[C@]21C(=O)Nc2cc(Cl)ccc21.CC1(C)CCC2(CC1)C[C@@H](C(=O)O)[C@H](c1ccnc(Cl)c1F)C21C(=O)Nc2cc(Cl)ccc21.Cl.N[C@@H]1CC[C@@H](C(O)CO)OC1. The van der Waals surface area contributed by atoms with Gasteiger partial charge in [-0.3, -0.25) is 19.2 Å². The van der Waals surface area contributed by atoms with E-state index in [0.717, 1.165) is 56.9 Å². The Kier molecular flexibility index (Phi) is 20.5. The van der Waals surface area contributed by atoms with E-state index in [-0.39, 0.29) is 113 Å². The third kappa shape index (κ3) is 12.1. The lowest BCUT2D eigenvalue weighted by Gasteiger charge is -2.51. The van der Waals surface area contributed by atoms with Crippen LogP contribution in [0, 0.1) is 51.0 Å². The number of halogens is 7.